The van der Waals surface area contributed by atoms with E-state index in [1.54, 1.807) is 23.9 Å². The average Bonchev–Trinajstić information content (AvgIpc) is 3.02. The number of rotatable bonds is 6. The van der Waals surface area contributed by atoms with Crippen molar-refractivity contribution in [2.45, 2.75) is 18.6 Å². The van der Waals surface area contributed by atoms with E-state index in [-0.39, 0.29) is 24.3 Å². The molecule has 0 aliphatic heterocycles. The maximum absolute atomic E-state index is 14.6. The van der Waals surface area contributed by atoms with Crippen LogP contribution >= 0.6 is 23.4 Å². The largest absolute Gasteiger partial charge is 0.396 e. The number of thioether (sulfide) groups is 1. The molecule has 1 aromatic heterocycles. The zero-order valence-corrected chi connectivity index (χ0v) is 15.8. The Kier molecular flexibility index (Phi) is 5.72. The van der Waals surface area contributed by atoms with Crippen molar-refractivity contribution in [3.05, 3.63) is 70.1 Å². The number of hydrogen-bond acceptors (Lipinski definition) is 2. The first-order valence-corrected chi connectivity index (χ1v) is 9.97. The minimum Gasteiger partial charge on any atom is -0.396 e. The van der Waals surface area contributed by atoms with Crippen molar-refractivity contribution in [3.63, 3.8) is 0 Å². The van der Waals surface area contributed by atoms with Gasteiger partial charge in [0, 0.05) is 40.4 Å². The summed E-state index contributed by atoms with van der Waals surface area (Å²) in [5.41, 5.74) is 3.86. The van der Waals surface area contributed by atoms with Gasteiger partial charge in [0.2, 0.25) is 0 Å². The molecule has 3 aromatic rings. The standard InChI is InChI=1S/C20H21ClFNOS/c1-12(10-24)19(16-7-6-14(21)8-18(16)22)17-9-23-20-13(11-25-2)4-3-5-15(17)20/h3-9,12,19,23-24H,10-11H2,1-2H3. The van der Waals surface area contributed by atoms with Crippen LogP contribution in [0, 0.1) is 11.7 Å². The van der Waals surface area contributed by atoms with Crippen molar-refractivity contribution in [2.24, 2.45) is 5.92 Å². The first kappa shape index (κ1) is 18.3. The van der Waals surface area contributed by atoms with Gasteiger partial charge in [-0.2, -0.15) is 11.8 Å². The molecule has 2 atom stereocenters. The fourth-order valence-electron chi connectivity index (χ4n) is 3.41. The summed E-state index contributed by atoms with van der Waals surface area (Å²) < 4.78 is 14.6. The van der Waals surface area contributed by atoms with Crippen LogP contribution in [0.4, 0.5) is 4.39 Å². The maximum Gasteiger partial charge on any atom is 0.128 e. The molecule has 0 amide bonds. The summed E-state index contributed by atoms with van der Waals surface area (Å²) in [6.07, 6.45) is 4.02. The molecule has 0 fully saturated rings. The van der Waals surface area contributed by atoms with Gasteiger partial charge in [0.25, 0.3) is 0 Å². The van der Waals surface area contributed by atoms with Crippen LogP contribution < -0.4 is 0 Å². The molecular formula is C20H21ClFNOS. The van der Waals surface area contributed by atoms with E-state index in [0.29, 0.717) is 10.6 Å². The van der Waals surface area contributed by atoms with Crippen LogP contribution in [0.1, 0.15) is 29.5 Å². The van der Waals surface area contributed by atoms with Gasteiger partial charge in [-0.05, 0) is 41.0 Å². The lowest BCUT2D eigenvalue weighted by atomic mass is 9.81. The molecule has 0 saturated heterocycles. The molecule has 0 radical (unpaired) electrons. The Balaban J connectivity index is 2.17. The fourth-order valence-corrected chi connectivity index (χ4v) is 4.12. The maximum atomic E-state index is 14.6. The van der Waals surface area contributed by atoms with E-state index in [1.807, 2.05) is 19.2 Å². The van der Waals surface area contributed by atoms with Crippen molar-refractivity contribution in [1.29, 1.82) is 0 Å². The number of aliphatic hydroxyl groups excluding tert-OH is 1. The molecule has 0 bridgehead atoms. The Labute approximate surface area is 156 Å². The number of nitrogens with one attached hydrogen (secondary N) is 1. The highest BCUT2D eigenvalue weighted by atomic mass is 35.5. The number of para-hydroxylation sites is 1. The van der Waals surface area contributed by atoms with Gasteiger partial charge in [-0.3, -0.25) is 0 Å². The predicted molar refractivity (Wildman–Crippen MR) is 105 cm³/mol. The second-order valence-corrected chi connectivity index (χ2v) is 7.62. The molecule has 132 valence electrons. The molecule has 5 heteroatoms. The summed E-state index contributed by atoms with van der Waals surface area (Å²) in [7, 11) is 0. The van der Waals surface area contributed by atoms with Crippen LogP contribution in [0.5, 0.6) is 0 Å². The lowest BCUT2D eigenvalue weighted by Crippen LogP contribution is -2.16. The summed E-state index contributed by atoms with van der Waals surface area (Å²) >= 11 is 7.68. The van der Waals surface area contributed by atoms with Crippen LogP contribution in [0.15, 0.2) is 42.6 Å². The molecule has 0 saturated carbocycles. The minimum atomic E-state index is -0.340. The van der Waals surface area contributed by atoms with Crippen LogP contribution in [0.2, 0.25) is 5.02 Å². The van der Waals surface area contributed by atoms with Gasteiger partial charge in [-0.25, -0.2) is 4.39 Å². The minimum absolute atomic E-state index is 0.0239. The van der Waals surface area contributed by atoms with Gasteiger partial charge in [0.1, 0.15) is 5.82 Å². The fraction of sp³-hybridized carbons (Fsp3) is 0.300. The number of benzene rings is 2. The van der Waals surface area contributed by atoms with Crippen molar-refractivity contribution in [1.82, 2.24) is 4.98 Å². The normalized spacial score (nSPS) is 14.0. The van der Waals surface area contributed by atoms with Gasteiger partial charge in [-0.15, -0.1) is 0 Å². The molecule has 2 N–H and O–H groups in total. The van der Waals surface area contributed by atoms with E-state index >= 15 is 0 Å². The third-order valence-electron chi connectivity index (χ3n) is 4.62. The number of aromatic amines is 1. The van der Waals surface area contributed by atoms with E-state index in [0.717, 1.165) is 22.2 Å². The van der Waals surface area contributed by atoms with E-state index in [1.165, 1.54) is 11.6 Å². The molecule has 2 nitrogen and oxygen atoms in total. The third-order valence-corrected chi connectivity index (χ3v) is 5.46. The van der Waals surface area contributed by atoms with Gasteiger partial charge in [0.05, 0.1) is 0 Å². The van der Waals surface area contributed by atoms with Crippen LogP contribution in [-0.4, -0.2) is 23.0 Å². The molecule has 3 rings (SSSR count). The summed E-state index contributed by atoms with van der Waals surface area (Å²) in [5, 5.41) is 11.2. The predicted octanol–water partition coefficient (Wildman–Crippen LogP) is 5.58. The summed E-state index contributed by atoms with van der Waals surface area (Å²) in [6, 6.07) is 10.9. The van der Waals surface area contributed by atoms with Crippen molar-refractivity contribution >= 4 is 34.3 Å². The van der Waals surface area contributed by atoms with Gasteiger partial charge in [-0.1, -0.05) is 42.8 Å². The Hall–Kier alpha value is -1.49. The lowest BCUT2D eigenvalue weighted by Gasteiger charge is -2.23. The zero-order chi connectivity index (χ0) is 18.0. The van der Waals surface area contributed by atoms with Gasteiger partial charge >= 0.3 is 0 Å². The average molecular weight is 378 g/mol. The van der Waals surface area contributed by atoms with E-state index in [2.05, 4.69) is 23.4 Å². The molecular weight excluding hydrogens is 357 g/mol. The zero-order valence-electron chi connectivity index (χ0n) is 14.2. The smallest absolute Gasteiger partial charge is 0.128 e. The highest BCUT2D eigenvalue weighted by Crippen LogP contribution is 2.38. The molecule has 0 spiro atoms. The Bertz CT molecular complexity index is 879. The van der Waals surface area contributed by atoms with Gasteiger partial charge < -0.3 is 10.1 Å². The topological polar surface area (TPSA) is 36.0 Å². The van der Waals surface area contributed by atoms with Crippen LogP contribution in [-0.2, 0) is 5.75 Å². The molecule has 1 heterocycles. The number of H-pyrrole nitrogens is 1. The number of halogens is 2. The SMILES string of the molecule is CSCc1cccc2c(C(c3ccc(Cl)cc3F)C(C)CO)c[nH]c12. The summed E-state index contributed by atoms with van der Waals surface area (Å²) in [6.45, 7) is 1.91. The second-order valence-electron chi connectivity index (χ2n) is 6.32. The first-order valence-electron chi connectivity index (χ1n) is 8.20. The monoisotopic (exact) mass is 377 g/mol. The number of aliphatic hydroxyl groups is 1. The number of aromatic nitrogens is 1. The second kappa shape index (κ2) is 7.81. The van der Waals surface area contributed by atoms with Gasteiger partial charge in [0.15, 0.2) is 0 Å². The Morgan fingerprint density at radius 3 is 2.72 bits per heavy atom. The molecule has 2 unspecified atom stereocenters. The van der Waals surface area contributed by atoms with E-state index in [9.17, 15) is 9.50 Å². The molecule has 25 heavy (non-hydrogen) atoms. The molecule has 0 aliphatic carbocycles. The van der Waals surface area contributed by atoms with Crippen molar-refractivity contribution < 1.29 is 9.50 Å². The molecule has 0 aliphatic rings. The summed E-state index contributed by atoms with van der Waals surface area (Å²) in [5.74, 6) is 0.194. The Morgan fingerprint density at radius 2 is 2.04 bits per heavy atom. The highest BCUT2D eigenvalue weighted by Gasteiger charge is 2.26. The first-order chi connectivity index (χ1) is 12.1. The van der Waals surface area contributed by atoms with Crippen LogP contribution in [0.3, 0.4) is 0 Å². The van der Waals surface area contributed by atoms with Crippen LogP contribution in [0.25, 0.3) is 10.9 Å². The third kappa shape index (κ3) is 3.57. The number of fused-ring (bicyclic) bond motifs is 1. The van der Waals surface area contributed by atoms with E-state index in [4.69, 9.17) is 11.6 Å². The molecule has 2 aromatic carbocycles. The quantitative estimate of drug-likeness (QED) is 0.588. The van der Waals surface area contributed by atoms with Crippen molar-refractivity contribution in [3.8, 4) is 0 Å². The number of hydrogen-bond donors (Lipinski definition) is 2. The highest BCUT2D eigenvalue weighted by molar-refractivity contribution is 7.97. The van der Waals surface area contributed by atoms with E-state index < -0.39 is 0 Å². The lowest BCUT2D eigenvalue weighted by molar-refractivity contribution is 0.224. The Morgan fingerprint density at radius 1 is 1.24 bits per heavy atom. The summed E-state index contributed by atoms with van der Waals surface area (Å²) in [4.78, 5) is 3.36. The van der Waals surface area contributed by atoms with Crippen molar-refractivity contribution in [2.75, 3.05) is 12.9 Å².